The van der Waals surface area contributed by atoms with Gasteiger partial charge in [0, 0.05) is 31.1 Å². The number of likely N-dealkylation sites (tertiary alicyclic amines) is 1. The van der Waals surface area contributed by atoms with Crippen LogP contribution in [0.3, 0.4) is 0 Å². The molecule has 1 spiro atoms. The number of nitrogens with zero attached hydrogens (tertiary/aromatic N) is 2. The zero-order chi connectivity index (χ0) is 19.8. The molecule has 5 heteroatoms. The van der Waals surface area contributed by atoms with E-state index < -0.39 is 0 Å². The average Bonchev–Trinajstić information content (AvgIpc) is 2.71. The molecule has 0 aliphatic carbocycles. The minimum Gasteiger partial charge on any atom is -0.371 e. The minimum atomic E-state index is -0.355. The largest absolute Gasteiger partial charge is 0.371 e. The standard InChI is InChI=1S/C24H22N2O3/c27-26(28)21-13-11-18(12-14-21)22-15-29-24(22)16-25(17-24)23(19-7-3-1-4-8-19)20-9-5-2-6-10-20/h1-14,22-23H,15-17H2. The zero-order valence-electron chi connectivity index (χ0n) is 16.0. The van der Waals surface area contributed by atoms with E-state index in [1.54, 1.807) is 12.1 Å². The second-order valence-electron chi connectivity index (χ2n) is 7.91. The number of non-ortho nitro benzene ring substituents is 1. The van der Waals surface area contributed by atoms with Gasteiger partial charge in [-0.05, 0) is 16.7 Å². The molecule has 0 aromatic heterocycles. The molecular weight excluding hydrogens is 364 g/mol. The van der Waals surface area contributed by atoms with Gasteiger partial charge in [-0.2, -0.15) is 0 Å². The van der Waals surface area contributed by atoms with Gasteiger partial charge in [-0.25, -0.2) is 0 Å². The van der Waals surface area contributed by atoms with E-state index in [-0.39, 0.29) is 28.2 Å². The number of rotatable bonds is 5. The maximum atomic E-state index is 10.9. The number of hydrogen-bond acceptors (Lipinski definition) is 4. The highest BCUT2D eigenvalue weighted by molar-refractivity contribution is 5.39. The Morgan fingerprint density at radius 1 is 0.897 bits per heavy atom. The monoisotopic (exact) mass is 386 g/mol. The molecule has 0 N–H and O–H groups in total. The number of ether oxygens (including phenoxy) is 1. The van der Waals surface area contributed by atoms with Crippen LogP contribution >= 0.6 is 0 Å². The van der Waals surface area contributed by atoms with Crippen LogP contribution in [-0.2, 0) is 4.74 Å². The van der Waals surface area contributed by atoms with E-state index in [1.165, 1.54) is 11.1 Å². The quantitative estimate of drug-likeness (QED) is 0.477. The van der Waals surface area contributed by atoms with E-state index >= 15 is 0 Å². The van der Waals surface area contributed by atoms with Gasteiger partial charge in [-0.15, -0.1) is 0 Å². The summed E-state index contributed by atoms with van der Waals surface area (Å²) in [5.41, 5.74) is 3.63. The predicted molar refractivity (Wildman–Crippen MR) is 111 cm³/mol. The molecule has 2 aliphatic heterocycles. The van der Waals surface area contributed by atoms with E-state index in [9.17, 15) is 10.1 Å². The zero-order valence-corrected chi connectivity index (χ0v) is 16.0. The first-order valence-electron chi connectivity index (χ1n) is 9.88. The molecule has 3 aromatic carbocycles. The van der Waals surface area contributed by atoms with E-state index in [4.69, 9.17) is 4.74 Å². The molecule has 146 valence electrons. The van der Waals surface area contributed by atoms with Gasteiger partial charge >= 0.3 is 0 Å². The summed E-state index contributed by atoms with van der Waals surface area (Å²) in [4.78, 5) is 13.0. The summed E-state index contributed by atoms with van der Waals surface area (Å²) in [5.74, 6) is 0.284. The third-order valence-electron chi connectivity index (χ3n) is 6.22. The fourth-order valence-electron chi connectivity index (χ4n) is 4.65. The van der Waals surface area contributed by atoms with Crippen LogP contribution in [0.2, 0.25) is 0 Å². The van der Waals surface area contributed by atoms with Gasteiger partial charge < -0.3 is 4.74 Å². The van der Waals surface area contributed by atoms with E-state index in [2.05, 4.69) is 53.4 Å². The predicted octanol–water partition coefficient (Wildman–Crippen LogP) is 4.55. The minimum absolute atomic E-state index is 0.131. The van der Waals surface area contributed by atoms with Crippen molar-refractivity contribution in [1.82, 2.24) is 4.90 Å². The Hall–Kier alpha value is -3.02. The molecule has 2 saturated heterocycles. The highest BCUT2D eigenvalue weighted by Crippen LogP contribution is 2.50. The highest BCUT2D eigenvalue weighted by atomic mass is 16.6. The van der Waals surface area contributed by atoms with Crippen molar-refractivity contribution in [1.29, 1.82) is 0 Å². The molecule has 2 fully saturated rings. The lowest BCUT2D eigenvalue weighted by atomic mass is 9.71. The summed E-state index contributed by atoms with van der Waals surface area (Å²) in [6, 6.07) is 28.3. The van der Waals surface area contributed by atoms with Crippen molar-refractivity contribution in [3.8, 4) is 0 Å². The second-order valence-corrected chi connectivity index (χ2v) is 7.91. The summed E-state index contributed by atoms with van der Waals surface area (Å²) in [6.07, 6.45) is 0. The van der Waals surface area contributed by atoms with Crippen LogP contribution in [0.1, 0.15) is 28.7 Å². The van der Waals surface area contributed by atoms with Gasteiger partial charge in [0.25, 0.3) is 5.69 Å². The van der Waals surface area contributed by atoms with Gasteiger partial charge in [-0.3, -0.25) is 15.0 Å². The van der Waals surface area contributed by atoms with Crippen molar-refractivity contribution in [2.75, 3.05) is 19.7 Å². The molecule has 0 radical (unpaired) electrons. The second kappa shape index (κ2) is 7.10. The molecule has 5 rings (SSSR count). The Morgan fingerprint density at radius 3 is 1.90 bits per heavy atom. The molecule has 0 saturated carbocycles. The maximum absolute atomic E-state index is 10.9. The van der Waals surface area contributed by atoms with E-state index in [1.807, 2.05) is 24.3 Å². The Bertz CT molecular complexity index is 960. The van der Waals surface area contributed by atoms with Gasteiger partial charge in [0.2, 0.25) is 0 Å². The third kappa shape index (κ3) is 3.12. The highest BCUT2D eigenvalue weighted by Gasteiger charge is 2.58. The first-order valence-corrected chi connectivity index (χ1v) is 9.88. The lowest BCUT2D eigenvalue weighted by Gasteiger charge is -2.62. The summed E-state index contributed by atoms with van der Waals surface area (Å²) in [7, 11) is 0. The summed E-state index contributed by atoms with van der Waals surface area (Å²) in [5, 5.41) is 10.9. The normalized spacial score (nSPS) is 20.2. The first kappa shape index (κ1) is 18.0. The fraction of sp³-hybridized carbons (Fsp3) is 0.250. The molecule has 0 bridgehead atoms. The van der Waals surface area contributed by atoms with Crippen LogP contribution < -0.4 is 0 Å². The van der Waals surface area contributed by atoms with Crippen molar-refractivity contribution < 1.29 is 9.66 Å². The molecule has 5 nitrogen and oxygen atoms in total. The van der Waals surface area contributed by atoms with Crippen LogP contribution in [0, 0.1) is 10.1 Å². The SMILES string of the molecule is O=[N+]([O-])c1ccc(C2COC23CN(C(c2ccccc2)c2ccccc2)C3)cc1. The summed E-state index contributed by atoms with van der Waals surface area (Å²) < 4.78 is 6.08. The van der Waals surface area contributed by atoms with Crippen LogP contribution in [0.25, 0.3) is 0 Å². The van der Waals surface area contributed by atoms with Crippen molar-refractivity contribution in [2.24, 2.45) is 0 Å². The average molecular weight is 386 g/mol. The van der Waals surface area contributed by atoms with Crippen molar-refractivity contribution >= 4 is 5.69 Å². The van der Waals surface area contributed by atoms with Crippen molar-refractivity contribution in [2.45, 2.75) is 17.6 Å². The molecular formula is C24H22N2O3. The van der Waals surface area contributed by atoms with Gasteiger partial charge in [0.1, 0.15) is 5.60 Å². The lowest BCUT2D eigenvalue weighted by Crippen LogP contribution is -2.72. The Labute approximate surface area is 169 Å². The topological polar surface area (TPSA) is 55.6 Å². The van der Waals surface area contributed by atoms with E-state index in [0.29, 0.717) is 6.61 Å². The van der Waals surface area contributed by atoms with Crippen molar-refractivity contribution in [3.63, 3.8) is 0 Å². The smallest absolute Gasteiger partial charge is 0.269 e. The van der Waals surface area contributed by atoms with Gasteiger partial charge in [-0.1, -0.05) is 72.8 Å². The molecule has 2 aliphatic rings. The molecule has 1 unspecified atom stereocenters. The molecule has 1 atom stereocenters. The molecule has 29 heavy (non-hydrogen) atoms. The number of nitro benzene ring substituents is 1. The molecule has 0 amide bonds. The number of benzene rings is 3. The van der Waals surface area contributed by atoms with Crippen LogP contribution in [0.5, 0.6) is 0 Å². The van der Waals surface area contributed by atoms with Gasteiger partial charge in [0.05, 0.1) is 17.6 Å². The van der Waals surface area contributed by atoms with E-state index in [0.717, 1.165) is 18.7 Å². The first-order chi connectivity index (χ1) is 14.2. The Morgan fingerprint density at radius 2 is 1.45 bits per heavy atom. The maximum Gasteiger partial charge on any atom is 0.269 e. The summed E-state index contributed by atoms with van der Waals surface area (Å²) >= 11 is 0. The molecule has 3 aromatic rings. The Kier molecular flexibility index (Phi) is 4.42. The van der Waals surface area contributed by atoms with Gasteiger partial charge in [0.15, 0.2) is 0 Å². The van der Waals surface area contributed by atoms with Crippen LogP contribution in [0.15, 0.2) is 84.9 Å². The summed E-state index contributed by atoms with van der Waals surface area (Å²) in [6.45, 7) is 2.37. The number of hydrogen-bond donors (Lipinski definition) is 0. The fourth-order valence-corrected chi connectivity index (χ4v) is 4.65. The van der Waals surface area contributed by atoms with Crippen LogP contribution in [-0.4, -0.2) is 35.1 Å². The number of nitro groups is 1. The Balaban J connectivity index is 1.37. The lowest BCUT2D eigenvalue weighted by molar-refractivity contribution is -0.384. The molecule has 2 heterocycles. The van der Waals surface area contributed by atoms with Crippen LogP contribution in [0.4, 0.5) is 5.69 Å². The van der Waals surface area contributed by atoms with Crippen molar-refractivity contribution in [3.05, 3.63) is 112 Å². The third-order valence-corrected chi connectivity index (χ3v) is 6.22.